The summed E-state index contributed by atoms with van der Waals surface area (Å²) in [6, 6.07) is 0. The Labute approximate surface area is 61.7 Å². The number of hydrogen-bond donors (Lipinski definition) is 0. The van der Waals surface area contributed by atoms with Crippen LogP contribution >= 0.6 is 0 Å². The van der Waals surface area contributed by atoms with Crippen molar-refractivity contribution in [3.8, 4) is 0 Å². The molecule has 2 heteroatoms. The highest BCUT2D eigenvalue weighted by atomic mass is 15.2. The maximum atomic E-state index is 4.33. The Bertz CT molecular complexity index is 170. The third kappa shape index (κ3) is 0.780. The fraction of sp³-hybridized carbons (Fsp3) is 1.00. The van der Waals surface area contributed by atoms with Crippen LogP contribution in [0.25, 0.3) is 0 Å². The summed E-state index contributed by atoms with van der Waals surface area (Å²) in [7, 11) is 0. The first kappa shape index (κ1) is 6.32. The van der Waals surface area contributed by atoms with Gasteiger partial charge < -0.3 is 0 Å². The lowest BCUT2D eigenvalue weighted by atomic mass is 9.75. The predicted molar refractivity (Wildman–Crippen MR) is 40.1 cm³/mol. The molecule has 2 bridgehead atoms. The SMILES string of the molecule is CC12CCCC(C)(C1)N=N2. The molecule has 0 aromatic heterocycles. The van der Waals surface area contributed by atoms with Gasteiger partial charge in [0.25, 0.3) is 0 Å². The van der Waals surface area contributed by atoms with Crippen molar-refractivity contribution >= 4 is 0 Å². The molecule has 0 aromatic rings. The number of hydrogen-bond acceptors (Lipinski definition) is 2. The second-order valence-electron chi connectivity index (χ2n) is 4.22. The van der Waals surface area contributed by atoms with E-state index in [-0.39, 0.29) is 11.1 Å². The van der Waals surface area contributed by atoms with Gasteiger partial charge in [0.1, 0.15) is 0 Å². The quantitative estimate of drug-likeness (QED) is 0.491. The molecular weight excluding hydrogens is 124 g/mol. The molecule has 2 aliphatic rings. The fourth-order valence-corrected chi connectivity index (χ4v) is 2.26. The topological polar surface area (TPSA) is 24.7 Å². The van der Waals surface area contributed by atoms with Crippen LogP contribution < -0.4 is 0 Å². The smallest absolute Gasteiger partial charge is 0.0811 e. The van der Waals surface area contributed by atoms with Gasteiger partial charge >= 0.3 is 0 Å². The normalized spacial score (nSPS) is 51.8. The Hall–Kier alpha value is -0.400. The summed E-state index contributed by atoms with van der Waals surface area (Å²) >= 11 is 0. The van der Waals surface area contributed by atoms with E-state index in [1.165, 1.54) is 25.7 Å². The van der Waals surface area contributed by atoms with Gasteiger partial charge in [0.05, 0.1) is 11.1 Å². The average molecular weight is 138 g/mol. The third-order valence-electron chi connectivity index (χ3n) is 2.73. The molecule has 1 saturated carbocycles. The van der Waals surface area contributed by atoms with Gasteiger partial charge in [0, 0.05) is 6.42 Å². The zero-order valence-corrected chi connectivity index (χ0v) is 6.72. The molecule has 10 heavy (non-hydrogen) atoms. The van der Waals surface area contributed by atoms with E-state index in [4.69, 9.17) is 0 Å². The molecule has 0 spiro atoms. The van der Waals surface area contributed by atoms with Crippen LogP contribution in [-0.4, -0.2) is 11.1 Å². The first-order chi connectivity index (χ1) is 4.62. The maximum absolute atomic E-state index is 4.33. The molecule has 1 aliphatic carbocycles. The van der Waals surface area contributed by atoms with Gasteiger partial charge in [-0.2, -0.15) is 10.2 Å². The summed E-state index contributed by atoms with van der Waals surface area (Å²) in [5.74, 6) is 0. The minimum atomic E-state index is 0.215. The Morgan fingerprint density at radius 2 is 1.50 bits per heavy atom. The van der Waals surface area contributed by atoms with Crippen LogP contribution in [0.5, 0.6) is 0 Å². The van der Waals surface area contributed by atoms with Gasteiger partial charge in [-0.15, -0.1) is 0 Å². The Kier molecular flexibility index (Phi) is 1.01. The van der Waals surface area contributed by atoms with E-state index < -0.39 is 0 Å². The molecule has 0 N–H and O–H groups in total. The lowest BCUT2D eigenvalue weighted by Gasteiger charge is -2.30. The minimum Gasteiger partial charge on any atom is -0.187 e. The second-order valence-corrected chi connectivity index (χ2v) is 4.22. The molecular formula is C8H14N2. The molecule has 0 saturated heterocycles. The van der Waals surface area contributed by atoms with E-state index in [1.807, 2.05) is 0 Å². The zero-order valence-electron chi connectivity index (χ0n) is 6.72. The molecule has 0 amide bonds. The van der Waals surface area contributed by atoms with Gasteiger partial charge in [-0.05, 0) is 33.1 Å². The largest absolute Gasteiger partial charge is 0.187 e. The summed E-state index contributed by atoms with van der Waals surface area (Å²) < 4.78 is 0. The van der Waals surface area contributed by atoms with Crippen molar-refractivity contribution in [3.05, 3.63) is 0 Å². The summed E-state index contributed by atoms with van der Waals surface area (Å²) in [6.45, 7) is 4.45. The van der Waals surface area contributed by atoms with Gasteiger partial charge in [0.15, 0.2) is 0 Å². The molecule has 1 aliphatic heterocycles. The van der Waals surface area contributed by atoms with E-state index in [0.717, 1.165) is 0 Å². The second kappa shape index (κ2) is 1.60. The van der Waals surface area contributed by atoms with E-state index in [1.54, 1.807) is 0 Å². The van der Waals surface area contributed by atoms with E-state index in [0.29, 0.717) is 0 Å². The van der Waals surface area contributed by atoms with E-state index >= 15 is 0 Å². The zero-order chi connectivity index (χ0) is 7.24. The van der Waals surface area contributed by atoms with E-state index in [2.05, 4.69) is 24.1 Å². The third-order valence-corrected chi connectivity index (χ3v) is 2.73. The lowest BCUT2D eigenvalue weighted by molar-refractivity contribution is 0.280. The first-order valence-electron chi connectivity index (χ1n) is 4.06. The highest BCUT2D eigenvalue weighted by Crippen LogP contribution is 2.45. The number of azo groups is 1. The molecule has 2 nitrogen and oxygen atoms in total. The van der Waals surface area contributed by atoms with Crippen LogP contribution in [0.3, 0.4) is 0 Å². The van der Waals surface area contributed by atoms with Crippen LogP contribution in [0.15, 0.2) is 10.2 Å². The van der Waals surface area contributed by atoms with Crippen molar-refractivity contribution in [1.82, 2.24) is 0 Å². The van der Waals surface area contributed by atoms with Gasteiger partial charge in [-0.1, -0.05) is 0 Å². The minimum absolute atomic E-state index is 0.215. The summed E-state index contributed by atoms with van der Waals surface area (Å²) in [5, 5.41) is 8.65. The highest BCUT2D eigenvalue weighted by Gasteiger charge is 2.44. The Morgan fingerprint density at radius 1 is 1.00 bits per heavy atom. The van der Waals surface area contributed by atoms with Crippen LogP contribution in [0.2, 0.25) is 0 Å². The summed E-state index contributed by atoms with van der Waals surface area (Å²) in [5.41, 5.74) is 0.431. The Balaban J connectivity index is 2.29. The van der Waals surface area contributed by atoms with Crippen molar-refractivity contribution < 1.29 is 0 Å². The van der Waals surface area contributed by atoms with Crippen molar-refractivity contribution in [2.45, 2.75) is 50.6 Å². The van der Waals surface area contributed by atoms with Crippen molar-refractivity contribution in [2.75, 3.05) is 0 Å². The molecule has 1 fully saturated rings. The van der Waals surface area contributed by atoms with Gasteiger partial charge in [-0.3, -0.25) is 0 Å². The van der Waals surface area contributed by atoms with Gasteiger partial charge in [0.2, 0.25) is 0 Å². The monoisotopic (exact) mass is 138 g/mol. The predicted octanol–water partition coefficient (Wildman–Crippen LogP) is 2.54. The molecule has 2 rings (SSSR count). The molecule has 2 atom stereocenters. The molecule has 1 heterocycles. The van der Waals surface area contributed by atoms with E-state index in [9.17, 15) is 0 Å². The first-order valence-corrected chi connectivity index (χ1v) is 4.06. The molecule has 2 unspecified atom stereocenters. The number of fused-ring (bicyclic) bond motifs is 2. The average Bonchev–Trinajstić information content (AvgIpc) is 2.03. The van der Waals surface area contributed by atoms with Crippen molar-refractivity contribution in [2.24, 2.45) is 10.2 Å². The van der Waals surface area contributed by atoms with Crippen LogP contribution in [0.1, 0.15) is 39.5 Å². The van der Waals surface area contributed by atoms with Crippen LogP contribution in [0, 0.1) is 0 Å². The summed E-state index contributed by atoms with van der Waals surface area (Å²) in [6.07, 6.45) is 4.97. The number of nitrogens with zero attached hydrogens (tertiary/aromatic N) is 2. The lowest BCUT2D eigenvalue weighted by Crippen LogP contribution is -2.33. The molecule has 0 radical (unpaired) electrons. The van der Waals surface area contributed by atoms with Crippen LogP contribution in [0.4, 0.5) is 0 Å². The van der Waals surface area contributed by atoms with Crippen molar-refractivity contribution in [3.63, 3.8) is 0 Å². The van der Waals surface area contributed by atoms with Crippen LogP contribution in [-0.2, 0) is 0 Å². The fourth-order valence-electron chi connectivity index (χ4n) is 2.26. The standard InChI is InChI=1S/C8H14N2/c1-7-4-3-5-8(2,6-7)10-9-7/h3-6H2,1-2H3. The number of rotatable bonds is 0. The maximum Gasteiger partial charge on any atom is 0.0811 e. The molecule has 56 valence electrons. The Morgan fingerprint density at radius 3 is 1.90 bits per heavy atom. The van der Waals surface area contributed by atoms with Gasteiger partial charge in [-0.25, -0.2) is 0 Å². The molecule has 0 aromatic carbocycles. The van der Waals surface area contributed by atoms with Crippen molar-refractivity contribution in [1.29, 1.82) is 0 Å². The highest BCUT2D eigenvalue weighted by molar-refractivity contribution is 5.03. The summed E-state index contributed by atoms with van der Waals surface area (Å²) in [4.78, 5) is 0.